The summed E-state index contributed by atoms with van der Waals surface area (Å²) in [7, 11) is 0. The van der Waals surface area contributed by atoms with Gasteiger partial charge in [0.15, 0.2) is 11.6 Å². The van der Waals surface area contributed by atoms with Gasteiger partial charge in [0.2, 0.25) is 11.8 Å². The second-order valence-electron chi connectivity index (χ2n) is 6.69. The molecule has 7 heteroatoms. The number of piperidine rings is 1. The third-order valence-electron chi connectivity index (χ3n) is 4.83. The van der Waals surface area contributed by atoms with Gasteiger partial charge in [-0.05, 0) is 31.4 Å². The standard InChI is InChI=1S/C18H23F2N3O2/c19-15-6-5-13(11-16(15)20)21-14-3-1-9-23(12-14)18(25)7-10-22-8-2-4-17(22)24/h5-6,11,14,21H,1-4,7-10,12H2/t14-/m1/s1. The first kappa shape index (κ1) is 17.6. The molecule has 0 radical (unpaired) electrons. The lowest BCUT2D eigenvalue weighted by molar-refractivity contribution is -0.133. The number of nitrogens with one attached hydrogen (secondary N) is 1. The van der Waals surface area contributed by atoms with Crippen LogP contribution in [0.1, 0.15) is 32.1 Å². The molecule has 2 aliphatic heterocycles. The highest BCUT2D eigenvalue weighted by molar-refractivity contribution is 5.80. The van der Waals surface area contributed by atoms with Gasteiger partial charge in [0.1, 0.15) is 0 Å². The van der Waals surface area contributed by atoms with E-state index in [2.05, 4.69) is 5.32 Å². The van der Waals surface area contributed by atoms with Crippen molar-refractivity contribution in [1.82, 2.24) is 9.80 Å². The molecular formula is C18H23F2N3O2. The predicted molar refractivity (Wildman–Crippen MR) is 90.0 cm³/mol. The summed E-state index contributed by atoms with van der Waals surface area (Å²) in [5.41, 5.74) is 0.515. The molecule has 1 atom stereocenters. The van der Waals surface area contributed by atoms with Crippen LogP contribution in [0.15, 0.2) is 18.2 Å². The maximum Gasteiger partial charge on any atom is 0.224 e. The highest BCUT2D eigenvalue weighted by Crippen LogP contribution is 2.19. The first-order valence-corrected chi connectivity index (χ1v) is 8.80. The third-order valence-corrected chi connectivity index (χ3v) is 4.83. The topological polar surface area (TPSA) is 52.7 Å². The van der Waals surface area contributed by atoms with Gasteiger partial charge in [-0.1, -0.05) is 0 Å². The van der Waals surface area contributed by atoms with Crippen LogP contribution in [0.25, 0.3) is 0 Å². The van der Waals surface area contributed by atoms with Crippen LogP contribution in [0.4, 0.5) is 14.5 Å². The van der Waals surface area contributed by atoms with Crippen LogP contribution >= 0.6 is 0 Å². The number of likely N-dealkylation sites (tertiary alicyclic amines) is 2. The molecule has 3 rings (SSSR count). The number of halogens is 2. The highest BCUT2D eigenvalue weighted by atomic mass is 19.2. The van der Waals surface area contributed by atoms with Gasteiger partial charge in [-0.3, -0.25) is 9.59 Å². The quantitative estimate of drug-likeness (QED) is 0.886. The number of hydrogen-bond acceptors (Lipinski definition) is 3. The summed E-state index contributed by atoms with van der Waals surface area (Å²) >= 11 is 0. The van der Waals surface area contributed by atoms with Crippen molar-refractivity contribution < 1.29 is 18.4 Å². The minimum Gasteiger partial charge on any atom is -0.380 e. The largest absolute Gasteiger partial charge is 0.380 e. The molecule has 136 valence electrons. The molecule has 25 heavy (non-hydrogen) atoms. The van der Waals surface area contributed by atoms with Gasteiger partial charge >= 0.3 is 0 Å². The van der Waals surface area contributed by atoms with Gasteiger partial charge in [0.25, 0.3) is 0 Å². The molecule has 1 N–H and O–H groups in total. The SMILES string of the molecule is O=C1CCCN1CCC(=O)N1CCC[C@@H](Nc2ccc(F)c(F)c2)C1. The van der Waals surface area contributed by atoms with Gasteiger partial charge in [-0.15, -0.1) is 0 Å². The molecule has 0 unspecified atom stereocenters. The first-order valence-electron chi connectivity index (χ1n) is 8.80. The predicted octanol–water partition coefficient (Wildman–Crippen LogP) is 2.38. The lowest BCUT2D eigenvalue weighted by Crippen LogP contribution is -2.46. The fraction of sp³-hybridized carbons (Fsp3) is 0.556. The van der Waals surface area contributed by atoms with Crippen molar-refractivity contribution in [1.29, 1.82) is 0 Å². The Morgan fingerprint density at radius 2 is 2.04 bits per heavy atom. The van der Waals surface area contributed by atoms with Gasteiger partial charge in [0.05, 0.1) is 0 Å². The minimum absolute atomic E-state index is 0.0102. The molecule has 2 saturated heterocycles. The van der Waals surface area contributed by atoms with Crippen molar-refractivity contribution in [2.75, 3.05) is 31.5 Å². The molecule has 5 nitrogen and oxygen atoms in total. The Balaban J connectivity index is 1.50. The van der Waals surface area contributed by atoms with Crippen molar-refractivity contribution in [3.8, 4) is 0 Å². The fourth-order valence-electron chi connectivity index (χ4n) is 3.47. The minimum atomic E-state index is -0.885. The van der Waals surface area contributed by atoms with Crippen LogP contribution in [-0.2, 0) is 9.59 Å². The van der Waals surface area contributed by atoms with E-state index in [9.17, 15) is 18.4 Å². The Labute approximate surface area is 146 Å². The number of carbonyl (C=O) groups is 2. The Morgan fingerprint density at radius 1 is 1.20 bits per heavy atom. The van der Waals surface area contributed by atoms with Crippen molar-refractivity contribution in [3.05, 3.63) is 29.8 Å². The molecule has 0 bridgehead atoms. The lowest BCUT2D eigenvalue weighted by atomic mass is 10.0. The maximum atomic E-state index is 13.3. The Bertz CT molecular complexity index is 653. The molecule has 2 heterocycles. The third kappa shape index (κ3) is 4.46. The van der Waals surface area contributed by atoms with Crippen LogP contribution in [0, 0.1) is 11.6 Å². The number of anilines is 1. The van der Waals surface area contributed by atoms with Gasteiger partial charge in [0, 0.05) is 56.8 Å². The monoisotopic (exact) mass is 351 g/mol. The average Bonchev–Trinajstić information content (AvgIpc) is 3.01. The van der Waals surface area contributed by atoms with E-state index in [1.807, 2.05) is 0 Å². The molecule has 0 aliphatic carbocycles. The summed E-state index contributed by atoms with van der Waals surface area (Å²) in [6, 6.07) is 3.74. The van der Waals surface area contributed by atoms with Crippen molar-refractivity contribution >= 4 is 17.5 Å². The van der Waals surface area contributed by atoms with Crippen molar-refractivity contribution in [2.45, 2.75) is 38.1 Å². The number of benzene rings is 1. The summed E-state index contributed by atoms with van der Waals surface area (Å²) in [5, 5.41) is 3.17. The molecule has 2 amide bonds. The van der Waals surface area contributed by atoms with Gasteiger partial charge < -0.3 is 15.1 Å². The molecule has 2 aliphatic rings. The summed E-state index contributed by atoms with van der Waals surface area (Å²) in [6.45, 7) is 2.45. The number of nitrogens with zero attached hydrogens (tertiary/aromatic N) is 2. The zero-order chi connectivity index (χ0) is 17.8. The summed E-state index contributed by atoms with van der Waals surface area (Å²) in [6.07, 6.45) is 3.52. The van der Waals surface area contributed by atoms with Crippen LogP contribution < -0.4 is 5.32 Å². The molecular weight excluding hydrogens is 328 g/mol. The van der Waals surface area contributed by atoms with Crippen LogP contribution in [0.3, 0.4) is 0 Å². The van der Waals surface area contributed by atoms with E-state index in [-0.39, 0.29) is 17.9 Å². The van der Waals surface area contributed by atoms with E-state index < -0.39 is 11.6 Å². The lowest BCUT2D eigenvalue weighted by Gasteiger charge is -2.34. The van der Waals surface area contributed by atoms with Crippen LogP contribution in [0.2, 0.25) is 0 Å². The number of hydrogen-bond donors (Lipinski definition) is 1. The number of rotatable bonds is 5. The number of carbonyl (C=O) groups excluding carboxylic acids is 2. The zero-order valence-corrected chi connectivity index (χ0v) is 14.1. The van der Waals surface area contributed by atoms with Gasteiger partial charge in [-0.2, -0.15) is 0 Å². The molecule has 0 spiro atoms. The molecule has 0 saturated carbocycles. The molecule has 1 aromatic rings. The molecule has 2 fully saturated rings. The fourth-order valence-corrected chi connectivity index (χ4v) is 3.47. The van der Waals surface area contributed by atoms with E-state index in [1.54, 1.807) is 9.80 Å². The van der Waals surface area contributed by atoms with E-state index in [1.165, 1.54) is 6.07 Å². The maximum absolute atomic E-state index is 13.3. The first-order chi connectivity index (χ1) is 12.0. The highest BCUT2D eigenvalue weighted by Gasteiger charge is 2.26. The number of amides is 2. The second kappa shape index (κ2) is 7.80. The smallest absolute Gasteiger partial charge is 0.224 e. The normalized spacial score (nSPS) is 20.9. The molecule has 1 aromatic carbocycles. The molecule has 0 aromatic heterocycles. The van der Waals surface area contributed by atoms with Crippen LogP contribution in [0.5, 0.6) is 0 Å². The zero-order valence-electron chi connectivity index (χ0n) is 14.1. The average molecular weight is 351 g/mol. The van der Waals surface area contributed by atoms with E-state index >= 15 is 0 Å². The van der Waals surface area contributed by atoms with E-state index in [0.717, 1.165) is 37.9 Å². The second-order valence-corrected chi connectivity index (χ2v) is 6.69. The Morgan fingerprint density at radius 3 is 2.76 bits per heavy atom. The van der Waals surface area contributed by atoms with Gasteiger partial charge in [-0.25, -0.2) is 8.78 Å². The Kier molecular flexibility index (Phi) is 5.50. The summed E-state index contributed by atoms with van der Waals surface area (Å²) in [5.74, 6) is -1.59. The summed E-state index contributed by atoms with van der Waals surface area (Å²) < 4.78 is 26.3. The van der Waals surface area contributed by atoms with Crippen molar-refractivity contribution in [3.63, 3.8) is 0 Å². The van der Waals surface area contributed by atoms with Crippen LogP contribution in [-0.4, -0.2) is 53.8 Å². The van der Waals surface area contributed by atoms with E-state index in [4.69, 9.17) is 0 Å². The van der Waals surface area contributed by atoms with E-state index in [0.29, 0.717) is 38.2 Å². The summed E-state index contributed by atoms with van der Waals surface area (Å²) in [4.78, 5) is 27.6. The Hall–Kier alpha value is -2.18. The van der Waals surface area contributed by atoms with Crippen molar-refractivity contribution in [2.24, 2.45) is 0 Å².